The molecule has 98 valence electrons. The van der Waals surface area contributed by atoms with Crippen LogP contribution in [0, 0.1) is 0 Å². The Morgan fingerprint density at radius 3 is 3.00 bits per heavy atom. The smallest absolute Gasteiger partial charge is 0.271 e. The Morgan fingerprint density at radius 1 is 1.37 bits per heavy atom. The lowest BCUT2D eigenvalue weighted by atomic mass is 10.2. The number of hydrogen-bond donors (Lipinski definition) is 2. The van der Waals surface area contributed by atoms with Gasteiger partial charge in [0.2, 0.25) is 5.95 Å². The Hall–Kier alpha value is -2.30. The predicted octanol–water partition coefficient (Wildman–Crippen LogP) is 1.63. The first kappa shape index (κ1) is 11.8. The van der Waals surface area contributed by atoms with E-state index >= 15 is 0 Å². The van der Waals surface area contributed by atoms with Crippen LogP contribution in [0.3, 0.4) is 0 Å². The van der Waals surface area contributed by atoms with E-state index in [0.29, 0.717) is 12.2 Å². The summed E-state index contributed by atoms with van der Waals surface area (Å²) in [4.78, 5) is 16.3. The maximum absolute atomic E-state index is 12.0. The molecule has 0 bridgehead atoms. The molecule has 2 aromatic rings. The number of anilines is 1. The molecule has 0 saturated carbocycles. The maximum Gasteiger partial charge on any atom is 0.271 e. The number of rotatable bonds is 3. The highest BCUT2D eigenvalue weighted by atomic mass is 16.1. The molecule has 0 aliphatic carbocycles. The van der Waals surface area contributed by atoms with Crippen molar-refractivity contribution in [3.63, 3.8) is 0 Å². The molecule has 0 saturated heterocycles. The molecular formula is C14H16N4O. The fourth-order valence-electron chi connectivity index (χ4n) is 2.16. The average molecular weight is 256 g/mol. The molecule has 0 spiro atoms. The summed E-state index contributed by atoms with van der Waals surface area (Å²) in [7, 11) is 0. The lowest BCUT2D eigenvalue weighted by Crippen LogP contribution is -2.23. The third-order valence-corrected chi connectivity index (χ3v) is 3.16. The summed E-state index contributed by atoms with van der Waals surface area (Å²) in [5.41, 5.74) is 1.55. The van der Waals surface area contributed by atoms with E-state index in [1.165, 1.54) is 0 Å². The van der Waals surface area contributed by atoms with Crippen LogP contribution in [0.5, 0.6) is 0 Å². The lowest BCUT2D eigenvalue weighted by molar-refractivity contribution is 0.0946. The van der Waals surface area contributed by atoms with Crippen molar-refractivity contribution in [1.29, 1.82) is 0 Å². The number of hydrogen-bond acceptors (Lipinski definition) is 3. The molecule has 2 N–H and O–H groups in total. The van der Waals surface area contributed by atoms with Gasteiger partial charge in [-0.3, -0.25) is 4.79 Å². The number of imidazole rings is 1. The van der Waals surface area contributed by atoms with Crippen LogP contribution in [-0.2, 0) is 13.1 Å². The quantitative estimate of drug-likeness (QED) is 0.877. The summed E-state index contributed by atoms with van der Waals surface area (Å²) in [5, 5.41) is 6.07. The monoisotopic (exact) mass is 256 g/mol. The number of aromatic nitrogens is 2. The Balaban J connectivity index is 1.65. The van der Waals surface area contributed by atoms with Crippen molar-refractivity contribution in [2.24, 2.45) is 0 Å². The molecule has 3 rings (SSSR count). The summed E-state index contributed by atoms with van der Waals surface area (Å²) < 4.78 is 1.99. The van der Waals surface area contributed by atoms with Crippen molar-refractivity contribution in [1.82, 2.24) is 14.9 Å². The van der Waals surface area contributed by atoms with Crippen LogP contribution in [0.2, 0.25) is 0 Å². The molecule has 0 atom stereocenters. The standard InChI is InChI=1S/C14H16N4O/c19-13(16-9-11-5-2-1-3-6-11)12-10-18-8-4-7-15-14(18)17-12/h1-3,5-6,10H,4,7-9H2,(H,15,17)(H,16,19). The second-order valence-corrected chi connectivity index (χ2v) is 4.59. The first-order valence-electron chi connectivity index (χ1n) is 6.46. The van der Waals surface area contributed by atoms with Gasteiger partial charge in [-0.2, -0.15) is 0 Å². The van der Waals surface area contributed by atoms with E-state index in [2.05, 4.69) is 15.6 Å². The molecule has 2 heterocycles. The van der Waals surface area contributed by atoms with E-state index in [-0.39, 0.29) is 5.91 Å². The molecule has 5 nitrogen and oxygen atoms in total. The van der Waals surface area contributed by atoms with Crippen molar-refractivity contribution in [3.05, 3.63) is 47.8 Å². The van der Waals surface area contributed by atoms with Crippen LogP contribution in [-0.4, -0.2) is 22.0 Å². The van der Waals surface area contributed by atoms with Gasteiger partial charge in [0.15, 0.2) is 0 Å². The number of fused-ring (bicyclic) bond motifs is 1. The van der Waals surface area contributed by atoms with Gasteiger partial charge in [-0.15, -0.1) is 0 Å². The number of carbonyl (C=O) groups is 1. The lowest BCUT2D eigenvalue weighted by Gasteiger charge is -2.14. The van der Waals surface area contributed by atoms with Crippen molar-refractivity contribution < 1.29 is 4.79 Å². The van der Waals surface area contributed by atoms with Crippen molar-refractivity contribution in [2.45, 2.75) is 19.5 Å². The highest BCUT2D eigenvalue weighted by Gasteiger charge is 2.15. The topological polar surface area (TPSA) is 59.0 Å². The van der Waals surface area contributed by atoms with Crippen LogP contribution in [0.1, 0.15) is 22.5 Å². The molecule has 1 aromatic carbocycles. The molecule has 0 unspecified atom stereocenters. The van der Waals surface area contributed by atoms with Gasteiger partial charge < -0.3 is 15.2 Å². The molecule has 1 amide bonds. The SMILES string of the molecule is O=C(NCc1ccccc1)c1cn2c(n1)NCCC2. The van der Waals surface area contributed by atoms with E-state index in [4.69, 9.17) is 0 Å². The molecule has 5 heteroatoms. The number of nitrogens with zero attached hydrogens (tertiary/aromatic N) is 2. The van der Waals surface area contributed by atoms with Gasteiger partial charge in [0.05, 0.1) is 0 Å². The highest BCUT2D eigenvalue weighted by Crippen LogP contribution is 2.14. The molecule has 1 aliphatic heterocycles. The zero-order valence-corrected chi connectivity index (χ0v) is 10.6. The van der Waals surface area contributed by atoms with E-state index in [0.717, 1.165) is 31.0 Å². The minimum Gasteiger partial charge on any atom is -0.356 e. The number of carbonyl (C=O) groups excluding carboxylic acids is 1. The summed E-state index contributed by atoms with van der Waals surface area (Å²) in [5.74, 6) is 0.656. The third-order valence-electron chi connectivity index (χ3n) is 3.16. The number of nitrogens with one attached hydrogen (secondary N) is 2. The second-order valence-electron chi connectivity index (χ2n) is 4.59. The van der Waals surface area contributed by atoms with E-state index in [1.807, 2.05) is 41.1 Å². The van der Waals surface area contributed by atoms with Gasteiger partial charge in [-0.1, -0.05) is 30.3 Å². The zero-order chi connectivity index (χ0) is 13.1. The maximum atomic E-state index is 12.0. The summed E-state index contributed by atoms with van der Waals surface area (Å²) in [6, 6.07) is 9.85. The molecule has 19 heavy (non-hydrogen) atoms. The number of aryl methyl sites for hydroxylation is 1. The van der Waals surface area contributed by atoms with Gasteiger partial charge in [-0.05, 0) is 12.0 Å². The third kappa shape index (κ3) is 2.59. The average Bonchev–Trinajstić information content (AvgIpc) is 2.90. The minimum atomic E-state index is -0.132. The van der Waals surface area contributed by atoms with Crippen LogP contribution >= 0.6 is 0 Å². The van der Waals surface area contributed by atoms with Crippen LogP contribution in [0.15, 0.2) is 36.5 Å². The zero-order valence-electron chi connectivity index (χ0n) is 10.6. The second kappa shape index (κ2) is 5.14. The Labute approximate surface area is 111 Å². The van der Waals surface area contributed by atoms with Crippen LogP contribution < -0.4 is 10.6 Å². The van der Waals surface area contributed by atoms with Gasteiger partial charge >= 0.3 is 0 Å². The summed E-state index contributed by atoms with van der Waals surface area (Å²) in [6.07, 6.45) is 2.87. The Morgan fingerprint density at radius 2 is 2.21 bits per heavy atom. The van der Waals surface area contributed by atoms with Crippen LogP contribution in [0.25, 0.3) is 0 Å². The fourth-order valence-corrected chi connectivity index (χ4v) is 2.16. The largest absolute Gasteiger partial charge is 0.356 e. The predicted molar refractivity (Wildman–Crippen MR) is 72.9 cm³/mol. The number of amides is 1. The van der Waals surface area contributed by atoms with Gasteiger partial charge in [0.1, 0.15) is 5.69 Å². The first-order valence-corrected chi connectivity index (χ1v) is 6.46. The van der Waals surface area contributed by atoms with E-state index in [9.17, 15) is 4.79 Å². The van der Waals surface area contributed by atoms with Crippen molar-refractivity contribution >= 4 is 11.9 Å². The highest BCUT2D eigenvalue weighted by molar-refractivity contribution is 5.92. The van der Waals surface area contributed by atoms with Crippen LogP contribution in [0.4, 0.5) is 5.95 Å². The molecular weight excluding hydrogens is 240 g/mol. The van der Waals surface area contributed by atoms with Gasteiger partial charge in [-0.25, -0.2) is 4.98 Å². The Kier molecular flexibility index (Phi) is 3.18. The Bertz CT molecular complexity index is 553. The van der Waals surface area contributed by atoms with Gasteiger partial charge in [0.25, 0.3) is 5.91 Å². The van der Waals surface area contributed by atoms with E-state index in [1.54, 1.807) is 0 Å². The van der Waals surface area contributed by atoms with Gasteiger partial charge in [0, 0.05) is 25.8 Å². The van der Waals surface area contributed by atoms with Crippen molar-refractivity contribution in [3.8, 4) is 0 Å². The normalized spacial score (nSPS) is 13.5. The first-order chi connectivity index (χ1) is 9.33. The minimum absolute atomic E-state index is 0.132. The fraction of sp³-hybridized carbons (Fsp3) is 0.286. The molecule has 1 aromatic heterocycles. The number of benzene rings is 1. The molecule has 1 aliphatic rings. The van der Waals surface area contributed by atoms with E-state index < -0.39 is 0 Å². The summed E-state index contributed by atoms with van der Waals surface area (Å²) in [6.45, 7) is 2.36. The molecule has 0 fully saturated rings. The summed E-state index contributed by atoms with van der Waals surface area (Å²) >= 11 is 0. The molecule has 0 radical (unpaired) electrons. The van der Waals surface area contributed by atoms with Crippen molar-refractivity contribution in [2.75, 3.05) is 11.9 Å².